The van der Waals surface area contributed by atoms with Gasteiger partial charge in [-0.2, -0.15) is 13.6 Å². The molecule has 2 rings (SSSR count). The van der Waals surface area contributed by atoms with Gasteiger partial charge in [-0.15, -0.1) is 6.42 Å². The zero-order chi connectivity index (χ0) is 23.8. The molecule has 7 N–H and O–H groups in total. The number of anilines is 1. The van der Waals surface area contributed by atoms with Crippen molar-refractivity contribution in [1.29, 1.82) is 0 Å². The van der Waals surface area contributed by atoms with Gasteiger partial charge in [-0.1, -0.05) is 17.5 Å². The van der Waals surface area contributed by atoms with Crippen LogP contribution in [0, 0.1) is 12.3 Å². The molecule has 174 valence electrons. The molecule has 1 saturated heterocycles. The van der Waals surface area contributed by atoms with Gasteiger partial charge < -0.3 is 35.2 Å². The van der Waals surface area contributed by atoms with Crippen molar-refractivity contribution in [3.8, 4) is 12.3 Å². The first-order valence-electron chi connectivity index (χ1n) is 7.63. The lowest BCUT2D eigenvalue weighted by atomic mass is 9.99. The number of rotatable bonds is 8. The van der Waals surface area contributed by atoms with Gasteiger partial charge in [-0.25, -0.2) is 18.5 Å². The zero-order valence-electron chi connectivity index (χ0n) is 14.9. The van der Waals surface area contributed by atoms with Crippen molar-refractivity contribution >= 4 is 40.9 Å². The predicted molar refractivity (Wildman–Crippen MR) is 100 cm³/mol. The monoisotopic (exact) mass is 525 g/mol. The van der Waals surface area contributed by atoms with E-state index in [0.717, 1.165) is 10.8 Å². The highest BCUT2D eigenvalue weighted by Crippen LogP contribution is 2.66. The van der Waals surface area contributed by atoms with Gasteiger partial charge in [0.05, 0.1) is 6.61 Å². The van der Waals surface area contributed by atoms with Gasteiger partial charge in [0.1, 0.15) is 18.0 Å². The van der Waals surface area contributed by atoms with E-state index in [1.54, 1.807) is 0 Å². The quantitative estimate of drug-likeness (QED) is 0.136. The second kappa shape index (κ2) is 9.01. The molecule has 1 aromatic heterocycles. The third-order valence-corrected chi connectivity index (χ3v) is 7.91. The van der Waals surface area contributed by atoms with E-state index in [9.17, 15) is 28.5 Å². The molecule has 1 aliphatic rings. The number of nitrogens with zero attached hydrogens (tertiary/aromatic N) is 2. The van der Waals surface area contributed by atoms with Crippen LogP contribution in [0.4, 0.5) is 5.82 Å². The van der Waals surface area contributed by atoms with Gasteiger partial charge in [0.25, 0.3) is 0 Å². The Morgan fingerprint density at radius 3 is 2.42 bits per heavy atom. The van der Waals surface area contributed by atoms with Crippen LogP contribution in [0.3, 0.4) is 0 Å². The molecule has 0 aliphatic carbocycles. The van der Waals surface area contributed by atoms with E-state index < -0.39 is 59.1 Å². The molecule has 1 fully saturated rings. The van der Waals surface area contributed by atoms with Crippen LogP contribution in [0.25, 0.3) is 0 Å². The van der Waals surface area contributed by atoms with E-state index in [1.807, 2.05) is 5.92 Å². The number of hydrogen-bond acceptors (Lipinski definition) is 11. The first-order chi connectivity index (χ1) is 14.0. The number of alkyl halides is 1. The largest absolute Gasteiger partial charge is 0.490 e. The number of nitrogens with two attached hydrogens (primary N) is 1. The lowest BCUT2D eigenvalue weighted by molar-refractivity contribution is -0.0455. The second-order valence-corrected chi connectivity index (χ2v) is 10.9. The van der Waals surface area contributed by atoms with Crippen molar-refractivity contribution in [2.45, 2.75) is 23.3 Å². The number of hydrogen-bond donors (Lipinski definition) is 6. The van der Waals surface area contributed by atoms with Crippen molar-refractivity contribution in [3.63, 3.8) is 0 Å². The molecule has 0 bridgehead atoms. The third kappa shape index (κ3) is 6.44. The minimum atomic E-state index is -5.74. The summed E-state index contributed by atoms with van der Waals surface area (Å²) in [6.45, 7) is -1.05. The van der Waals surface area contributed by atoms with Crippen molar-refractivity contribution in [1.82, 2.24) is 9.55 Å². The fourth-order valence-electron chi connectivity index (χ4n) is 2.39. The summed E-state index contributed by atoms with van der Waals surface area (Å²) in [5, 5.41) is 10.4. The number of phosphoric ester groups is 1. The van der Waals surface area contributed by atoms with Crippen LogP contribution in [0.5, 0.6) is 0 Å². The molecule has 31 heavy (non-hydrogen) atoms. The molecule has 1 aromatic rings. The smallest absolute Gasteiger partial charge is 0.387 e. The summed E-state index contributed by atoms with van der Waals surface area (Å²) in [6.07, 6.45) is 1.49. The summed E-state index contributed by atoms with van der Waals surface area (Å²) in [6, 6.07) is 1.20. The van der Waals surface area contributed by atoms with Gasteiger partial charge in [-0.3, -0.25) is 9.09 Å². The standard InChI is InChI=1S/C11H15ClN3O13P3/c1-2-11(12)8(16)6(26-9(11)15-4-3-7(13)14-10(15)17)5-25-30(21,22)28-31(23,24)27-29(18,19)20/h1,3-4,6,8-9,16H,5H2,(H,21,22)(H,23,24)(H2,13,14,17)(H2,18,19,20)/t6-,8?,9-,11-/m1/s1. The number of nitrogen functional groups attached to an aromatic ring is 1. The average molecular weight is 526 g/mol. The molecule has 3 unspecified atom stereocenters. The number of terminal acetylenes is 1. The molecule has 0 aromatic carbocycles. The summed E-state index contributed by atoms with van der Waals surface area (Å²) in [5.41, 5.74) is 4.43. The topological polar surface area (TPSA) is 250 Å². The van der Waals surface area contributed by atoms with Gasteiger partial charge >= 0.3 is 29.2 Å². The highest BCUT2D eigenvalue weighted by molar-refractivity contribution is 7.66. The Morgan fingerprint density at radius 2 is 1.90 bits per heavy atom. The van der Waals surface area contributed by atoms with Crippen LogP contribution in [0.15, 0.2) is 17.1 Å². The van der Waals surface area contributed by atoms with Crippen LogP contribution in [0.2, 0.25) is 0 Å². The molecular weight excluding hydrogens is 511 g/mol. The van der Waals surface area contributed by atoms with Crippen LogP contribution in [0.1, 0.15) is 6.23 Å². The maximum atomic E-state index is 12.0. The van der Waals surface area contributed by atoms with Gasteiger partial charge in [0.15, 0.2) is 11.1 Å². The maximum absolute atomic E-state index is 12.0. The highest BCUT2D eigenvalue weighted by atomic mass is 35.5. The number of aliphatic hydroxyl groups excluding tert-OH is 1. The average Bonchev–Trinajstić information content (AvgIpc) is 2.82. The molecule has 1 aliphatic heterocycles. The Morgan fingerprint density at radius 1 is 1.29 bits per heavy atom. The third-order valence-electron chi connectivity index (χ3n) is 3.59. The number of ether oxygens (including phenoxy) is 1. The molecule has 0 saturated carbocycles. The van der Waals surface area contributed by atoms with Crippen LogP contribution in [-0.2, 0) is 31.6 Å². The number of halogens is 1. The number of aliphatic hydroxyl groups is 1. The Hall–Kier alpha value is -1.14. The van der Waals surface area contributed by atoms with E-state index in [0.29, 0.717) is 0 Å². The van der Waals surface area contributed by atoms with Gasteiger partial charge in [0.2, 0.25) is 0 Å². The van der Waals surface area contributed by atoms with Crippen molar-refractivity contribution in [2.75, 3.05) is 12.3 Å². The second-order valence-electron chi connectivity index (χ2n) is 5.81. The minimum absolute atomic E-state index is 0.134. The maximum Gasteiger partial charge on any atom is 0.490 e. The minimum Gasteiger partial charge on any atom is -0.387 e. The molecule has 0 radical (unpaired) electrons. The summed E-state index contributed by atoms with van der Waals surface area (Å²) in [7, 11) is -16.8. The van der Waals surface area contributed by atoms with Crippen molar-refractivity contribution < 1.29 is 56.3 Å². The fourth-order valence-corrected chi connectivity index (χ4v) is 5.71. The fraction of sp³-hybridized carbons (Fsp3) is 0.455. The van der Waals surface area contributed by atoms with E-state index in [4.69, 9.17) is 43.2 Å². The Labute approximate surface area is 178 Å². The Bertz CT molecular complexity index is 1080. The molecule has 0 spiro atoms. The van der Waals surface area contributed by atoms with E-state index >= 15 is 0 Å². The van der Waals surface area contributed by atoms with Crippen molar-refractivity contribution in [3.05, 3.63) is 22.7 Å². The first kappa shape index (κ1) is 26.1. The van der Waals surface area contributed by atoms with E-state index in [-0.39, 0.29) is 5.82 Å². The molecule has 2 heterocycles. The molecule has 16 nitrogen and oxygen atoms in total. The summed E-state index contributed by atoms with van der Waals surface area (Å²) >= 11 is 6.20. The lowest BCUT2D eigenvalue weighted by Gasteiger charge is -2.25. The van der Waals surface area contributed by atoms with E-state index in [2.05, 4.69) is 18.1 Å². The van der Waals surface area contributed by atoms with Crippen LogP contribution in [-0.4, -0.2) is 57.9 Å². The molecule has 0 amide bonds. The van der Waals surface area contributed by atoms with Gasteiger partial charge in [0, 0.05) is 6.20 Å². The summed E-state index contributed by atoms with van der Waals surface area (Å²) < 4.78 is 51.4. The molecule has 6 atom stereocenters. The van der Waals surface area contributed by atoms with Crippen LogP contribution < -0.4 is 11.4 Å². The molecule has 20 heteroatoms. The number of phosphoric acid groups is 3. The SMILES string of the molecule is C#C[C@@]1(Cl)C(O)[C@@H](COP(=O)(O)OP(=O)(O)OP(=O)(O)O)O[C@H]1n1ccc(N)nc1=O. The van der Waals surface area contributed by atoms with Crippen molar-refractivity contribution in [2.24, 2.45) is 0 Å². The van der Waals surface area contributed by atoms with Gasteiger partial charge in [-0.05, 0) is 6.07 Å². The number of aromatic nitrogens is 2. The Kier molecular flexibility index (Phi) is 7.59. The lowest BCUT2D eigenvalue weighted by Crippen LogP contribution is -2.43. The van der Waals surface area contributed by atoms with E-state index in [1.165, 1.54) is 6.07 Å². The summed E-state index contributed by atoms with van der Waals surface area (Å²) in [4.78, 5) is 49.0. The molecular formula is C11H15ClN3O13P3. The Balaban J connectivity index is 2.18. The highest BCUT2D eigenvalue weighted by Gasteiger charge is 2.56. The first-order valence-corrected chi connectivity index (χ1v) is 12.5. The zero-order valence-corrected chi connectivity index (χ0v) is 18.3. The summed E-state index contributed by atoms with van der Waals surface area (Å²) in [5.74, 6) is 1.90. The predicted octanol–water partition coefficient (Wildman–Crippen LogP) is -0.962. The normalized spacial score (nSPS) is 30.3. The van der Waals surface area contributed by atoms with Crippen LogP contribution >= 0.6 is 35.1 Å².